The molecular weight excluding hydrogens is 160 g/mol. The van der Waals surface area contributed by atoms with E-state index in [0.717, 1.165) is 13.0 Å². The van der Waals surface area contributed by atoms with Crippen molar-refractivity contribution in [1.82, 2.24) is 10.6 Å². The Morgan fingerprint density at radius 2 is 2.00 bits per heavy atom. The smallest absolute Gasteiger partial charge is 0.322 e. The number of rotatable bonds is 6. The van der Waals surface area contributed by atoms with Crippen molar-refractivity contribution in [2.24, 2.45) is 0 Å². The van der Waals surface area contributed by atoms with Crippen LogP contribution in [0.3, 0.4) is 0 Å². The molecule has 0 heterocycles. The number of hydrogen-bond donors (Lipinski definition) is 3. The zero-order valence-electron chi connectivity index (χ0n) is 7.09. The first kappa shape index (κ1) is 10.9. The average Bonchev–Trinajstić information content (AvgIpc) is 2.01. The summed E-state index contributed by atoms with van der Waals surface area (Å²) in [5.41, 5.74) is 0. The molecule has 0 aliphatic rings. The second-order valence-corrected chi connectivity index (χ2v) is 2.35. The summed E-state index contributed by atoms with van der Waals surface area (Å²) in [6, 6.07) is 0. The number of carbonyl (C=O) groups excluding carboxylic acids is 1. The number of amides is 1. The third-order valence-corrected chi connectivity index (χ3v) is 1.15. The standard InChI is InChI=1S/C7H14N2O3/c1-2-3-8-4-6(10)9-5-7(11)12/h8H,2-5H2,1H3,(H,9,10)(H,11,12). The first-order chi connectivity index (χ1) is 5.66. The summed E-state index contributed by atoms with van der Waals surface area (Å²) in [5.74, 6) is -1.32. The summed E-state index contributed by atoms with van der Waals surface area (Å²) in [6.07, 6.45) is 0.951. The first-order valence-electron chi connectivity index (χ1n) is 3.86. The molecule has 5 heteroatoms. The van der Waals surface area contributed by atoms with Crippen LogP contribution >= 0.6 is 0 Å². The molecule has 0 saturated heterocycles. The molecule has 0 aromatic carbocycles. The quantitative estimate of drug-likeness (QED) is 0.460. The Morgan fingerprint density at radius 3 is 2.50 bits per heavy atom. The van der Waals surface area contributed by atoms with Gasteiger partial charge in [-0.3, -0.25) is 9.59 Å². The van der Waals surface area contributed by atoms with Crippen LogP contribution in [0.15, 0.2) is 0 Å². The van der Waals surface area contributed by atoms with Crippen molar-refractivity contribution in [3.63, 3.8) is 0 Å². The molecule has 0 unspecified atom stereocenters. The second-order valence-electron chi connectivity index (χ2n) is 2.35. The van der Waals surface area contributed by atoms with E-state index in [9.17, 15) is 9.59 Å². The Balaban J connectivity index is 3.28. The number of nitrogens with one attached hydrogen (secondary N) is 2. The molecule has 0 atom stereocenters. The van der Waals surface area contributed by atoms with Crippen molar-refractivity contribution in [3.05, 3.63) is 0 Å². The summed E-state index contributed by atoms with van der Waals surface area (Å²) in [4.78, 5) is 20.8. The van der Waals surface area contributed by atoms with Crippen LogP contribution in [0.5, 0.6) is 0 Å². The number of aliphatic carboxylic acids is 1. The van der Waals surface area contributed by atoms with Crippen molar-refractivity contribution >= 4 is 11.9 Å². The van der Waals surface area contributed by atoms with Crippen molar-refractivity contribution in [2.75, 3.05) is 19.6 Å². The maximum Gasteiger partial charge on any atom is 0.322 e. The van der Waals surface area contributed by atoms with Gasteiger partial charge in [-0.15, -0.1) is 0 Å². The van der Waals surface area contributed by atoms with Gasteiger partial charge in [0.15, 0.2) is 0 Å². The highest BCUT2D eigenvalue weighted by molar-refractivity contribution is 5.82. The Morgan fingerprint density at radius 1 is 1.33 bits per heavy atom. The maximum absolute atomic E-state index is 10.8. The highest BCUT2D eigenvalue weighted by Gasteiger charge is 2.01. The number of carboxylic acids is 1. The minimum absolute atomic E-state index is 0.182. The van der Waals surface area contributed by atoms with Gasteiger partial charge in [-0.1, -0.05) is 6.92 Å². The Kier molecular flexibility index (Phi) is 6.00. The molecule has 3 N–H and O–H groups in total. The molecule has 0 aromatic rings. The van der Waals surface area contributed by atoms with Crippen LogP contribution in [0.4, 0.5) is 0 Å². The molecule has 0 aromatic heterocycles. The average molecular weight is 174 g/mol. The van der Waals surface area contributed by atoms with Crippen molar-refractivity contribution < 1.29 is 14.7 Å². The van der Waals surface area contributed by atoms with Crippen molar-refractivity contribution in [2.45, 2.75) is 13.3 Å². The van der Waals surface area contributed by atoms with Crippen LogP contribution in [0.1, 0.15) is 13.3 Å². The topological polar surface area (TPSA) is 78.4 Å². The van der Waals surface area contributed by atoms with Crippen molar-refractivity contribution in [3.8, 4) is 0 Å². The largest absolute Gasteiger partial charge is 0.480 e. The van der Waals surface area contributed by atoms with Gasteiger partial charge in [0.2, 0.25) is 5.91 Å². The van der Waals surface area contributed by atoms with Crippen LogP contribution in [0.25, 0.3) is 0 Å². The van der Waals surface area contributed by atoms with E-state index < -0.39 is 5.97 Å². The summed E-state index contributed by atoms with van der Waals surface area (Å²) < 4.78 is 0. The highest BCUT2D eigenvalue weighted by atomic mass is 16.4. The summed E-state index contributed by atoms with van der Waals surface area (Å²) in [7, 11) is 0. The Bertz CT molecular complexity index is 159. The van der Waals surface area contributed by atoms with E-state index in [4.69, 9.17) is 5.11 Å². The van der Waals surface area contributed by atoms with E-state index in [-0.39, 0.29) is 19.0 Å². The predicted molar refractivity (Wildman–Crippen MR) is 43.8 cm³/mol. The van der Waals surface area contributed by atoms with E-state index in [1.165, 1.54) is 0 Å². The molecular formula is C7H14N2O3. The second kappa shape index (κ2) is 6.60. The van der Waals surface area contributed by atoms with Crippen molar-refractivity contribution in [1.29, 1.82) is 0 Å². The van der Waals surface area contributed by atoms with E-state index in [2.05, 4.69) is 10.6 Å². The molecule has 0 aliphatic heterocycles. The zero-order valence-corrected chi connectivity index (χ0v) is 7.09. The Labute approximate surface area is 71.1 Å². The van der Waals surface area contributed by atoms with Gasteiger partial charge in [0.25, 0.3) is 0 Å². The lowest BCUT2D eigenvalue weighted by molar-refractivity contribution is -0.137. The van der Waals surface area contributed by atoms with Crippen LogP contribution in [0.2, 0.25) is 0 Å². The fraction of sp³-hybridized carbons (Fsp3) is 0.714. The van der Waals surface area contributed by atoms with Gasteiger partial charge in [0, 0.05) is 0 Å². The molecule has 70 valence electrons. The summed E-state index contributed by atoms with van der Waals surface area (Å²) in [6.45, 7) is 2.62. The van der Waals surface area contributed by atoms with Gasteiger partial charge in [-0.05, 0) is 13.0 Å². The van der Waals surface area contributed by atoms with Gasteiger partial charge >= 0.3 is 5.97 Å². The van der Waals surface area contributed by atoms with Gasteiger partial charge < -0.3 is 15.7 Å². The van der Waals surface area contributed by atoms with Gasteiger partial charge in [-0.2, -0.15) is 0 Å². The third kappa shape index (κ3) is 7.01. The first-order valence-corrected chi connectivity index (χ1v) is 3.86. The summed E-state index contributed by atoms with van der Waals surface area (Å²) in [5, 5.41) is 13.3. The summed E-state index contributed by atoms with van der Waals surface area (Å²) >= 11 is 0. The molecule has 1 amide bonds. The van der Waals surface area contributed by atoms with E-state index in [1.54, 1.807) is 0 Å². The zero-order chi connectivity index (χ0) is 9.40. The molecule has 0 saturated carbocycles. The number of carbonyl (C=O) groups is 2. The molecule has 0 rings (SSSR count). The van der Waals surface area contributed by atoms with Crippen LogP contribution in [-0.4, -0.2) is 36.6 Å². The third-order valence-electron chi connectivity index (χ3n) is 1.15. The molecule has 0 bridgehead atoms. The monoisotopic (exact) mass is 174 g/mol. The fourth-order valence-corrected chi connectivity index (χ4v) is 0.615. The molecule has 0 aliphatic carbocycles. The highest BCUT2D eigenvalue weighted by Crippen LogP contribution is 1.70. The van der Waals surface area contributed by atoms with E-state index in [1.807, 2.05) is 6.92 Å². The number of carboxylic acid groups (broad SMARTS) is 1. The molecule has 0 spiro atoms. The lowest BCUT2D eigenvalue weighted by Crippen LogP contribution is -2.36. The van der Waals surface area contributed by atoms with Gasteiger partial charge in [-0.25, -0.2) is 0 Å². The van der Waals surface area contributed by atoms with Crippen LogP contribution in [-0.2, 0) is 9.59 Å². The van der Waals surface area contributed by atoms with E-state index >= 15 is 0 Å². The molecule has 0 fully saturated rings. The lowest BCUT2D eigenvalue weighted by Gasteiger charge is -2.02. The van der Waals surface area contributed by atoms with Gasteiger partial charge in [0.1, 0.15) is 6.54 Å². The minimum Gasteiger partial charge on any atom is -0.480 e. The number of hydrogen-bond acceptors (Lipinski definition) is 3. The maximum atomic E-state index is 10.8. The fourth-order valence-electron chi connectivity index (χ4n) is 0.615. The molecule has 12 heavy (non-hydrogen) atoms. The SMILES string of the molecule is CCCNCC(=O)NCC(=O)O. The van der Waals surface area contributed by atoms with Crippen LogP contribution in [0, 0.1) is 0 Å². The molecule has 0 radical (unpaired) electrons. The normalized spacial score (nSPS) is 9.42. The molecule has 5 nitrogen and oxygen atoms in total. The Hall–Kier alpha value is -1.10. The lowest BCUT2D eigenvalue weighted by atomic mass is 10.4. The van der Waals surface area contributed by atoms with Gasteiger partial charge in [0.05, 0.1) is 6.54 Å². The van der Waals surface area contributed by atoms with Crippen LogP contribution < -0.4 is 10.6 Å². The predicted octanol–water partition coefficient (Wildman–Crippen LogP) is -0.813. The van der Waals surface area contributed by atoms with E-state index in [0.29, 0.717) is 0 Å². The minimum atomic E-state index is -1.03.